The first-order valence-electron chi connectivity index (χ1n) is 4.22. The van der Waals surface area contributed by atoms with Crippen LogP contribution in [0.25, 0.3) is 0 Å². The summed E-state index contributed by atoms with van der Waals surface area (Å²) in [5, 5.41) is 9.12. The third-order valence-corrected chi connectivity index (χ3v) is 3.72. The third kappa shape index (κ3) is 1.09. The number of carboxylic acid groups (broad SMARTS) is 1. The van der Waals surface area contributed by atoms with Crippen molar-refractivity contribution in [3.8, 4) is 0 Å². The summed E-state index contributed by atoms with van der Waals surface area (Å²) in [6, 6.07) is 0. The lowest BCUT2D eigenvalue weighted by molar-refractivity contribution is -0.153. The van der Waals surface area contributed by atoms with Crippen LogP contribution in [0.2, 0.25) is 0 Å². The first kappa shape index (κ1) is 9.33. The van der Waals surface area contributed by atoms with Gasteiger partial charge in [0.15, 0.2) is 0 Å². The van der Waals surface area contributed by atoms with Crippen LogP contribution in [-0.4, -0.2) is 21.8 Å². The summed E-state index contributed by atoms with van der Waals surface area (Å²) < 4.78 is 0. The molecule has 0 aromatic carbocycles. The van der Waals surface area contributed by atoms with Crippen molar-refractivity contribution in [3.63, 3.8) is 0 Å². The number of aromatic nitrogens is 1. The molecule has 2 rings (SSSR count). The zero-order valence-electron chi connectivity index (χ0n) is 7.61. The summed E-state index contributed by atoms with van der Waals surface area (Å²) in [5.74, 6) is -0.898. The Kier molecular flexibility index (Phi) is 1.92. The minimum atomic E-state index is -0.970. The van der Waals surface area contributed by atoms with Crippen molar-refractivity contribution in [1.29, 1.82) is 0 Å². The number of aliphatic carboxylic acids is 1. The number of carboxylic acids is 1. The lowest BCUT2D eigenvalue weighted by Crippen LogP contribution is -2.48. The molecule has 0 saturated heterocycles. The van der Waals surface area contributed by atoms with Gasteiger partial charge in [-0.1, -0.05) is 0 Å². The van der Waals surface area contributed by atoms with E-state index in [-0.39, 0.29) is 18.6 Å². The predicted octanol–water partition coefficient (Wildman–Crippen LogP) is 1.14. The van der Waals surface area contributed by atoms with Gasteiger partial charge in [0.25, 0.3) is 0 Å². The minimum absolute atomic E-state index is 0.0141. The molecular formula is C9H9NO3S. The van der Waals surface area contributed by atoms with Crippen molar-refractivity contribution in [3.05, 3.63) is 16.1 Å². The van der Waals surface area contributed by atoms with Gasteiger partial charge in [-0.05, 0) is 6.92 Å². The molecule has 1 aromatic rings. The van der Waals surface area contributed by atoms with Gasteiger partial charge in [-0.2, -0.15) is 0 Å². The molecule has 1 heterocycles. The van der Waals surface area contributed by atoms with Crippen molar-refractivity contribution in [2.24, 2.45) is 0 Å². The number of thiazole rings is 1. The molecule has 0 radical (unpaired) electrons. The normalized spacial score (nSPS) is 19.1. The van der Waals surface area contributed by atoms with Gasteiger partial charge in [0.1, 0.15) is 11.2 Å². The van der Waals surface area contributed by atoms with Gasteiger partial charge in [0.2, 0.25) is 0 Å². The summed E-state index contributed by atoms with van der Waals surface area (Å²) in [6.07, 6.45) is 0.233. The number of hydrogen-bond acceptors (Lipinski definition) is 4. The highest BCUT2D eigenvalue weighted by molar-refractivity contribution is 7.10. The molecular weight excluding hydrogens is 202 g/mol. The van der Waals surface area contributed by atoms with Gasteiger partial charge in [-0.25, -0.2) is 4.98 Å². The number of aryl methyl sites for hydroxylation is 1. The molecule has 0 unspecified atom stereocenters. The Morgan fingerprint density at radius 2 is 2.29 bits per heavy atom. The predicted molar refractivity (Wildman–Crippen MR) is 50.4 cm³/mol. The average molecular weight is 211 g/mol. The number of carbonyl (C=O) groups excluding carboxylic acids is 1. The highest BCUT2D eigenvalue weighted by atomic mass is 32.1. The topological polar surface area (TPSA) is 67.3 Å². The van der Waals surface area contributed by atoms with Gasteiger partial charge in [0, 0.05) is 17.7 Å². The van der Waals surface area contributed by atoms with Crippen molar-refractivity contribution in [2.75, 3.05) is 0 Å². The quantitative estimate of drug-likeness (QED) is 0.796. The van der Waals surface area contributed by atoms with E-state index in [2.05, 4.69) is 4.98 Å². The van der Waals surface area contributed by atoms with Gasteiger partial charge in [-0.15, -0.1) is 11.3 Å². The molecule has 74 valence electrons. The molecule has 0 amide bonds. The maximum absolute atomic E-state index is 11.1. The van der Waals surface area contributed by atoms with Crippen molar-refractivity contribution in [2.45, 2.75) is 25.2 Å². The average Bonchev–Trinajstić information content (AvgIpc) is 2.45. The minimum Gasteiger partial charge on any atom is -0.481 e. The van der Waals surface area contributed by atoms with Crippen LogP contribution in [0.1, 0.15) is 23.4 Å². The smallest absolute Gasteiger partial charge is 0.315 e. The lowest BCUT2D eigenvalue weighted by Gasteiger charge is -2.35. The second kappa shape index (κ2) is 2.88. The number of nitrogens with zero attached hydrogens (tertiary/aromatic N) is 1. The number of Topliss-reactive ketones (excluding diaryl/α,β-unsaturated/α-hetero) is 1. The fourth-order valence-corrected chi connectivity index (χ4v) is 2.79. The number of ketones is 1. The van der Waals surface area contributed by atoms with Gasteiger partial charge in [0.05, 0.1) is 11.2 Å². The Morgan fingerprint density at radius 1 is 1.64 bits per heavy atom. The van der Waals surface area contributed by atoms with Crippen LogP contribution >= 0.6 is 11.3 Å². The molecule has 5 heteroatoms. The Labute approximate surface area is 84.6 Å². The maximum Gasteiger partial charge on any atom is 0.315 e. The van der Waals surface area contributed by atoms with E-state index in [1.807, 2.05) is 0 Å². The van der Waals surface area contributed by atoms with E-state index in [1.54, 1.807) is 12.4 Å². The maximum atomic E-state index is 11.1. The van der Waals surface area contributed by atoms with Crippen LogP contribution in [0.4, 0.5) is 0 Å². The summed E-state index contributed by atoms with van der Waals surface area (Å²) in [5.41, 5.74) is 1.38. The van der Waals surface area contributed by atoms with E-state index < -0.39 is 11.4 Å². The molecule has 0 aliphatic heterocycles. The number of carbonyl (C=O) groups is 2. The van der Waals surface area contributed by atoms with E-state index in [1.165, 1.54) is 11.3 Å². The van der Waals surface area contributed by atoms with E-state index in [0.717, 1.165) is 10.6 Å². The molecule has 1 aromatic heterocycles. The Bertz CT molecular complexity index is 402. The summed E-state index contributed by atoms with van der Waals surface area (Å²) >= 11 is 1.32. The standard InChI is InChI=1S/C9H9NO3S/c1-5-7(14-4-10-5)9(8(12)13)2-6(11)3-9/h4H,2-3H2,1H3,(H,12,13). The molecule has 0 spiro atoms. The van der Waals surface area contributed by atoms with Crippen LogP contribution in [-0.2, 0) is 15.0 Å². The fourth-order valence-electron chi connectivity index (χ4n) is 1.79. The van der Waals surface area contributed by atoms with Crippen LogP contribution in [0, 0.1) is 6.92 Å². The first-order valence-corrected chi connectivity index (χ1v) is 5.10. The second-order valence-electron chi connectivity index (χ2n) is 3.55. The Balaban J connectivity index is 2.44. The second-order valence-corrected chi connectivity index (χ2v) is 4.40. The van der Waals surface area contributed by atoms with E-state index in [4.69, 9.17) is 5.11 Å². The monoisotopic (exact) mass is 211 g/mol. The van der Waals surface area contributed by atoms with Crippen LogP contribution in [0.3, 0.4) is 0 Å². The van der Waals surface area contributed by atoms with Gasteiger partial charge >= 0.3 is 5.97 Å². The fraction of sp³-hybridized carbons (Fsp3) is 0.444. The summed E-state index contributed by atoms with van der Waals surface area (Å²) in [4.78, 5) is 26.8. The molecule has 1 aliphatic rings. The van der Waals surface area contributed by atoms with Crippen molar-refractivity contribution >= 4 is 23.1 Å². The molecule has 14 heavy (non-hydrogen) atoms. The molecule has 1 saturated carbocycles. The number of rotatable bonds is 2. The largest absolute Gasteiger partial charge is 0.481 e. The van der Waals surface area contributed by atoms with Gasteiger partial charge in [-0.3, -0.25) is 9.59 Å². The molecule has 1 fully saturated rings. The highest BCUT2D eigenvalue weighted by Gasteiger charge is 2.53. The van der Waals surface area contributed by atoms with Crippen molar-refractivity contribution < 1.29 is 14.7 Å². The molecule has 0 atom stereocenters. The van der Waals surface area contributed by atoms with Crippen molar-refractivity contribution in [1.82, 2.24) is 4.98 Å². The van der Waals surface area contributed by atoms with Crippen LogP contribution in [0.15, 0.2) is 5.51 Å². The lowest BCUT2D eigenvalue weighted by atomic mass is 9.66. The summed E-state index contributed by atoms with van der Waals surface area (Å²) in [6.45, 7) is 1.78. The summed E-state index contributed by atoms with van der Waals surface area (Å²) in [7, 11) is 0. The Hall–Kier alpha value is -1.23. The van der Waals surface area contributed by atoms with E-state index in [0.29, 0.717) is 0 Å². The molecule has 1 N–H and O–H groups in total. The first-order chi connectivity index (χ1) is 6.56. The SMILES string of the molecule is Cc1ncsc1C1(C(=O)O)CC(=O)C1. The van der Waals surface area contributed by atoms with Crippen LogP contribution < -0.4 is 0 Å². The highest BCUT2D eigenvalue weighted by Crippen LogP contribution is 2.44. The molecule has 0 bridgehead atoms. The number of hydrogen-bond donors (Lipinski definition) is 1. The van der Waals surface area contributed by atoms with E-state index in [9.17, 15) is 9.59 Å². The third-order valence-electron chi connectivity index (χ3n) is 2.59. The van der Waals surface area contributed by atoms with E-state index >= 15 is 0 Å². The molecule has 1 aliphatic carbocycles. The van der Waals surface area contributed by atoms with Crippen LogP contribution in [0.5, 0.6) is 0 Å². The molecule has 4 nitrogen and oxygen atoms in total. The Morgan fingerprint density at radius 3 is 2.64 bits per heavy atom. The zero-order valence-corrected chi connectivity index (χ0v) is 8.43. The van der Waals surface area contributed by atoms with Gasteiger partial charge < -0.3 is 5.11 Å². The zero-order chi connectivity index (χ0) is 10.3.